The van der Waals surface area contributed by atoms with E-state index in [9.17, 15) is 5.11 Å². The van der Waals surface area contributed by atoms with Crippen molar-refractivity contribution in [2.24, 2.45) is 0 Å². The summed E-state index contributed by atoms with van der Waals surface area (Å²) in [5, 5.41) is 10.9. The van der Waals surface area contributed by atoms with Gasteiger partial charge in [-0.25, -0.2) is 0 Å². The van der Waals surface area contributed by atoms with E-state index in [4.69, 9.17) is 0 Å². The molecule has 2 rings (SSSR count). The predicted octanol–water partition coefficient (Wildman–Crippen LogP) is 3.64. The summed E-state index contributed by atoms with van der Waals surface area (Å²) < 4.78 is 0. The first-order chi connectivity index (χ1) is 8.68. The molecule has 1 heterocycles. The molecule has 0 spiro atoms. The van der Waals surface area contributed by atoms with Crippen LogP contribution in [0, 0.1) is 0 Å². The molecule has 2 heteroatoms. The molecule has 2 nitrogen and oxygen atoms in total. The molecule has 1 aromatic rings. The van der Waals surface area contributed by atoms with E-state index in [0.29, 0.717) is 0 Å². The van der Waals surface area contributed by atoms with Crippen molar-refractivity contribution in [2.45, 2.75) is 57.7 Å². The summed E-state index contributed by atoms with van der Waals surface area (Å²) in [7, 11) is 2.02. The lowest BCUT2D eigenvalue weighted by Crippen LogP contribution is -2.38. The molecule has 0 radical (unpaired) electrons. The molecule has 0 saturated heterocycles. The standard InChI is InChI=1S/C16H25NO/c1-3-4-5-6-9-12-16(18)15-11-8-7-10-14(15)13-17(16)2/h7-8,10-11,18H,3-6,9,12-13H2,1-2H3. The van der Waals surface area contributed by atoms with E-state index in [1.807, 2.05) is 13.1 Å². The average molecular weight is 247 g/mol. The lowest BCUT2D eigenvalue weighted by Gasteiger charge is -2.31. The summed E-state index contributed by atoms with van der Waals surface area (Å²) in [6.45, 7) is 3.09. The lowest BCUT2D eigenvalue weighted by atomic mass is 9.95. The first-order valence-corrected chi connectivity index (χ1v) is 7.20. The molecular weight excluding hydrogens is 222 g/mol. The van der Waals surface area contributed by atoms with Crippen molar-refractivity contribution in [3.63, 3.8) is 0 Å². The van der Waals surface area contributed by atoms with Crippen molar-refractivity contribution < 1.29 is 5.11 Å². The third kappa shape index (κ3) is 2.60. The second-order valence-corrected chi connectivity index (χ2v) is 5.49. The fourth-order valence-electron chi connectivity index (χ4n) is 2.94. The van der Waals surface area contributed by atoms with E-state index in [2.05, 4.69) is 30.0 Å². The van der Waals surface area contributed by atoms with Crippen LogP contribution in [0.1, 0.15) is 56.6 Å². The van der Waals surface area contributed by atoms with Crippen molar-refractivity contribution in [3.8, 4) is 0 Å². The SMILES string of the molecule is CCCCCCCC1(O)c2ccccc2CN1C. The molecule has 18 heavy (non-hydrogen) atoms. The highest BCUT2D eigenvalue weighted by molar-refractivity contribution is 5.35. The van der Waals surface area contributed by atoms with Gasteiger partial charge in [-0.05, 0) is 25.5 Å². The van der Waals surface area contributed by atoms with E-state index in [-0.39, 0.29) is 0 Å². The monoisotopic (exact) mass is 247 g/mol. The molecule has 0 amide bonds. The fraction of sp³-hybridized carbons (Fsp3) is 0.625. The summed E-state index contributed by atoms with van der Waals surface area (Å²) in [6.07, 6.45) is 7.06. The van der Waals surface area contributed by atoms with E-state index in [1.54, 1.807) is 0 Å². The summed E-state index contributed by atoms with van der Waals surface area (Å²) >= 11 is 0. The van der Waals surface area contributed by atoms with E-state index >= 15 is 0 Å². The van der Waals surface area contributed by atoms with Gasteiger partial charge >= 0.3 is 0 Å². The Bertz CT molecular complexity index is 390. The van der Waals surface area contributed by atoms with E-state index < -0.39 is 5.72 Å². The van der Waals surface area contributed by atoms with Gasteiger partial charge in [0, 0.05) is 12.1 Å². The van der Waals surface area contributed by atoms with Crippen LogP contribution in [0.15, 0.2) is 24.3 Å². The van der Waals surface area contributed by atoms with E-state index in [1.165, 1.54) is 31.2 Å². The summed E-state index contributed by atoms with van der Waals surface area (Å²) in [6, 6.07) is 8.28. The smallest absolute Gasteiger partial charge is 0.144 e. The number of aliphatic hydroxyl groups is 1. The molecule has 0 saturated carbocycles. The van der Waals surface area contributed by atoms with Gasteiger partial charge in [0.1, 0.15) is 5.72 Å². The van der Waals surface area contributed by atoms with Gasteiger partial charge in [0.25, 0.3) is 0 Å². The maximum atomic E-state index is 10.9. The zero-order chi connectivity index (χ0) is 13.0. The minimum absolute atomic E-state index is 0.733. The van der Waals surface area contributed by atoms with Crippen LogP contribution in [0.25, 0.3) is 0 Å². The first kappa shape index (κ1) is 13.6. The van der Waals surface area contributed by atoms with Gasteiger partial charge in [-0.1, -0.05) is 56.9 Å². The minimum Gasteiger partial charge on any atom is -0.371 e. The molecule has 1 unspecified atom stereocenters. The quantitative estimate of drug-likeness (QED) is 0.776. The molecule has 1 aliphatic rings. The topological polar surface area (TPSA) is 23.5 Å². The van der Waals surface area contributed by atoms with Gasteiger partial charge in [-0.15, -0.1) is 0 Å². The second kappa shape index (κ2) is 5.85. The zero-order valence-electron chi connectivity index (χ0n) is 11.7. The minimum atomic E-state index is -0.733. The number of hydrogen-bond donors (Lipinski definition) is 1. The van der Waals surface area contributed by atoms with Crippen molar-refractivity contribution in [2.75, 3.05) is 7.05 Å². The Morgan fingerprint density at radius 3 is 2.67 bits per heavy atom. The maximum Gasteiger partial charge on any atom is 0.144 e. The largest absolute Gasteiger partial charge is 0.371 e. The fourth-order valence-corrected chi connectivity index (χ4v) is 2.94. The van der Waals surface area contributed by atoms with Crippen LogP contribution in [0.4, 0.5) is 0 Å². The summed E-state index contributed by atoms with van der Waals surface area (Å²) in [4.78, 5) is 2.08. The van der Waals surface area contributed by atoms with E-state index in [0.717, 1.165) is 24.9 Å². The van der Waals surface area contributed by atoms with Crippen molar-refractivity contribution >= 4 is 0 Å². The molecule has 0 aromatic heterocycles. The normalized spacial score (nSPS) is 23.3. The highest BCUT2D eigenvalue weighted by Crippen LogP contribution is 2.39. The number of nitrogens with zero attached hydrogens (tertiary/aromatic N) is 1. The Morgan fingerprint density at radius 2 is 1.89 bits per heavy atom. The second-order valence-electron chi connectivity index (χ2n) is 5.49. The third-order valence-electron chi connectivity index (χ3n) is 4.12. The number of fused-ring (bicyclic) bond motifs is 1. The third-order valence-corrected chi connectivity index (χ3v) is 4.12. The van der Waals surface area contributed by atoms with Crippen LogP contribution in [0.3, 0.4) is 0 Å². The lowest BCUT2D eigenvalue weighted by molar-refractivity contribution is -0.0997. The molecule has 1 aromatic carbocycles. The molecule has 0 bridgehead atoms. The molecule has 1 atom stereocenters. The Kier molecular flexibility index (Phi) is 4.41. The molecule has 0 fully saturated rings. The van der Waals surface area contributed by atoms with Crippen molar-refractivity contribution in [3.05, 3.63) is 35.4 Å². The van der Waals surface area contributed by atoms with Gasteiger partial charge < -0.3 is 5.11 Å². The van der Waals surface area contributed by atoms with Crippen LogP contribution >= 0.6 is 0 Å². The van der Waals surface area contributed by atoms with Gasteiger partial charge in [0.05, 0.1) is 0 Å². The van der Waals surface area contributed by atoms with Crippen molar-refractivity contribution in [1.82, 2.24) is 4.90 Å². The van der Waals surface area contributed by atoms with Gasteiger partial charge in [0.2, 0.25) is 0 Å². The predicted molar refractivity (Wildman–Crippen MR) is 75.2 cm³/mol. The number of benzene rings is 1. The van der Waals surface area contributed by atoms with Crippen LogP contribution in [0.2, 0.25) is 0 Å². The summed E-state index contributed by atoms with van der Waals surface area (Å²) in [5.41, 5.74) is 1.65. The van der Waals surface area contributed by atoms with Crippen LogP contribution in [-0.2, 0) is 12.3 Å². The Hall–Kier alpha value is -0.860. The average Bonchev–Trinajstić information content (AvgIpc) is 2.62. The number of rotatable bonds is 6. The number of unbranched alkanes of at least 4 members (excludes halogenated alkanes) is 4. The van der Waals surface area contributed by atoms with Gasteiger partial charge in [-0.3, -0.25) is 4.90 Å². The Labute approximate surface area is 111 Å². The number of hydrogen-bond acceptors (Lipinski definition) is 2. The van der Waals surface area contributed by atoms with Crippen molar-refractivity contribution in [1.29, 1.82) is 0 Å². The Balaban J connectivity index is 1.97. The zero-order valence-corrected chi connectivity index (χ0v) is 11.7. The highest BCUT2D eigenvalue weighted by atomic mass is 16.3. The molecule has 1 N–H and O–H groups in total. The Morgan fingerprint density at radius 1 is 1.17 bits per heavy atom. The molecule has 100 valence electrons. The molecular formula is C16H25NO. The van der Waals surface area contributed by atoms with Gasteiger partial charge in [-0.2, -0.15) is 0 Å². The highest BCUT2D eigenvalue weighted by Gasteiger charge is 2.40. The molecule has 1 aliphatic heterocycles. The van der Waals surface area contributed by atoms with Crippen LogP contribution in [0.5, 0.6) is 0 Å². The first-order valence-electron chi connectivity index (χ1n) is 7.20. The molecule has 0 aliphatic carbocycles. The van der Waals surface area contributed by atoms with Crippen LogP contribution < -0.4 is 0 Å². The van der Waals surface area contributed by atoms with Crippen LogP contribution in [-0.4, -0.2) is 17.1 Å². The summed E-state index contributed by atoms with van der Waals surface area (Å²) in [5.74, 6) is 0. The van der Waals surface area contributed by atoms with Gasteiger partial charge in [0.15, 0.2) is 0 Å². The maximum absolute atomic E-state index is 10.9.